The Kier molecular flexibility index (Phi) is 4.21. The Hall–Kier alpha value is -2.37. The Balaban J connectivity index is 2.92. The summed E-state index contributed by atoms with van der Waals surface area (Å²) in [5.41, 5.74) is -0.666. The van der Waals surface area contributed by atoms with Crippen molar-refractivity contribution in [3.05, 3.63) is 42.2 Å². The highest BCUT2D eigenvalue weighted by molar-refractivity contribution is 6.00. The lowest BCUT2D eigenvalue weighted by atomic mass is 10.1. The molecule has 3 N–H and O–H groups in total. The summed E-state index contributed by atoms with van der Waals surface area (Å²) in [6.07, 6.45) is 1.44. The molecule has 90 valence electrons. The summed E-state index contributed by atoms with van der Waals surface area (Å²) in [7, 11) is 0. The minimum Gasteiger partial charge on any atom is -0.478 e. The second-order valence-electron chi connectivity index (χ2n) is 3.09. The molecule has 0 fully saturated rings. The normalized spacial score (nSPS) is 9.47. The molecular formula is C11H11FN2O3. The van der Waals surface area contributed by atoms with Crippen LogP contribution in [0.1, 0.15) is 10.4 Å². The maximum atomic E-state index is 13.4. The van der Waals surface area contributed by atoms with Crippen molar-refractivity contribution in [2.75, 3.05) is 11.9 Å². The molecule has 1 aromatic rings. The smallest absolute Gasteiger partial charge is 0.337 e. The zero-order chi connectivity index (χ0) is 12.8. The Morgan fingerprint density at radius 3 is 2.76 bits per heavy atom. The van der Waals surface area contributed by atoms with Crippen LogP contribution in [0.25, 0.3) is 0 Å². The van der Waals surface area contributed by atoms with Crippen molar-refractivity contribution in [2.24, 2.45) is 0 Å². The van der Waals surface area contributed by atoms with Crippen molar-refractivity contribution < 1.29 is 19.1 Å². The molecule has 17 heavy (non-hydrogen) atoms. The molecule has 1 aromatic carbocycles. The highest BCUT2D eigenvalue weighted by atomic mass is 19.1. The van der Waals surface area contributed by atoms with Gasteiger partial charge in [0.05, 0.1) is 11.3 Å². The lowest BCUT2D eigenvalue weighted by Gasteiger charge is -2.09. The number of para-hydroxylation sites is 1. The third-order valence-corrected chi connectivity index (χ3v) is 1.89. The van der Waals surface area contributed by atoms with E-state index in [9.17, 15) is 14.0 Å². The lowest BCUT2D eigenvalue weighted by Crippen LogP contribution is -2.29. The Morgan fingerprint density at radius 1 is 1.47 bits per heavy atom. The van der Waals surface area contributed by atoms with Gasteiger partial charge in [0.1, 0.15) is 5.82 Å². The molecular weight excluding hydrogens is 227 g/mol. The first-order valence-corrected chi connectivity index (χ1v) is 4.73. The van der Waals surface area contributed by atoms with Crippen molar-refractivity contribution in [3.8, 4) is 0 Å². The number of anilines is 1. The minimum atomic E-state index is -1.32. The van der Waals surface area contributed by atoms with Crippen LogP contribution in [0.2, 0.25) is 0 Å². The maximum Gasteiger partial charge on any atom is 0.337 e. The van der Waals surface area contributed by atoms with E-state index in [-0.39, 0.29) is 17.8 Å². The van der Waals surface area contributed by atoms with Crippen LogP contribution in [-0.4, -0.2) is 23.7 Å². The summed E-state index contributed by atoms with van der Waals surface area (Å²) in [4.78, 5) is 22.1. The number of carboxylic acids is 1. The van der Waals surface area contributed by atoms with Gasteiger partial charge < -0.3 is 15.7 Å². The molecule has 0 spiro atoms. The van der Waals surface area contributed by atoms with Crippen LogP contribution in [0.4, 0.5) is 14.9 Å². The number of carbonyl (C=O) groups excluding carboxylic acids is 1. The van der Waals surface area contributed by atoms with Crippen LogP contribution < -0.4 is 10.6 Å². The summed E-state index contributed by atoms with van der Waals surface area (Å²) in [6, 6.07) is 2.83. The molecule has 0 aliphatic carbocycles. The van der Waals surface area contributed by atoms with Crippen LogP contribution in [0.15, 0.2) is 30.9 Å². The first kappa shape index (κ1) is 12.7. The van der Waals surface area contributed by atoms with E-state index in [1.54, 1.807) is 0 Å². The summed E-state index contributed by atoms with van der Waals surface area (Å²) >= 11 is 0. The van der Waals surface area contributed by atoms with E-state index in [0.717, 1.165) is 6.07 Å². The fourth-order valence-corrected chi connectivity index (χ4v) is 1.15. The van der Waals surface area contributed by atoms with E-state index < -0.39 is 17.8 Å². The van der Waals surface area contributed by atoms with Crippen LogP contribution in [0.3, 0.4) is 0 Å². The number of hydrogen-bond donors (Lipinski definition) is 3. The van der Waals surface area contributed by atoms with Gasteiger partial charge in [-0.05, 0) is 12.1 Å². The molecule has 0 heterocycles. The number of carboxylic acid groups (broad SMARTS) is 1. The first-order chi connectivity index (χ1) is 8.06. The predicted molar refractivity (Wildman–Crippen MR) is 60.6 cm³/mol. The van der Waals surface area contributed by atoms with Crippen molar-refractivity contribution in [3.63, 3.8) is 0 Å². The molecule has 0 atom stereocenters. The summed E-state index contributed by atoms with van der Waals surface area (Å²) in [5.74, 6) is -2.12. The summed E-state index contributed by atoms with van der Waals surface area (Å²) < 4.78 is 13.4. The van der Waals surface area contributed by atoms with Gasteiger partial charge in [-0.1, -0.05) is 12.1 Å². The third kappa shape index (κ3) is 3.30. The second-order valence-corrected chi connectivity index (χ2v) is 3.09. The van der Waals surface area contributed by atoms with Crippen LogP contribution in [0.5, 0.6) is 0 Å². The molecule has 0 saturated heterocycles. The predicted octanol–water partition coefficient (Wildman–Crippen LogP) is 1.83. The van der Waals surface area contributed by atoms with Crippen LogP contribution >= 0.6 is 0 Å². The topological polar surface area (TPSA) is 78.4 Å². The van der Waals surface area contributed by atoms with Gasteiger partial charge in [0.25, 0.3) is 0 Å². The Labute approximate surface area is 96.9 Å². The summed E-state index contributed by atoms with van der Waals surface area (Å²) in [5, 5.41) is 13.3. The van der Waals surface area contributed by atoms with E-state index >= 15 is 0 Å². The van der Waals surface area contributed by atoms with Gasteiger partial charge in [-0.15, -0.1) is 6.58 Å². The zero-order valence-electron chi connectivity index (χ0n) is 8.87. The Morgan fingerprint density at radius 2 is 2.18 bits per heavy atom. The average molecular weight is 238 g/mol. The molecule has 0 unspecified atom stereocenters. The molecule has 2 amide bonds. The van der Waals surface area contributed by atoms with Crippen LogP contribution in [-0.2, 0) is 0 Å². The molecule has 0 aliphatic rings. The van der Waals surface area contributed by atoms with Crippen molar-refractivity contribution in [1.29, 1.82) is 0 Å². The fourth-order valence-electron chi connectivity index (χ4n) is 1.15. The first-order valence-electron chi connectivity index (χ1n) is 4.73. The number of aromatic carboxylic acids is 1. The number of urea groups is 1. The number of benzene rings is 1. The van der Waals surface area contributed by atoms with Crippen molar-refractivity contribution in [2.45, 2.75) is 0 Å². The van der Waals surface area contributed by atoms with Gasteiger partial charge in [-0.25, -0.2) is 14.0 Å². The SMILES string of the molecule is C=CCNC(=O)Nc1c(F)cccc1C(=O)O. The highest BCUT2D eigenvalue weighted by Gasteiger charge is 2.15. The van der Waals surface area contributed by atoms with Gasteiger partial charge in [0.2, 0.25) is 0 Å². The lowest BCUT2D eigenvalue weighted by molar-refractivity contribution is 0.0697. The Bertz CT molecular complexity index is 460. The maximum absolute atomic E-state index is 13.4. The van der Waals surface area contributed by atoms with E-state index in [1.165, 1.54) is 18.2 Å². The van der Waals surface area contributed by atoms with E-state index in [0.29, 0.717) is 0 Å². The molecule has 6 heteroatoms. The number of halogens is 1. The molecule has 0 bridgehead atoms. The number of hydrogen-bond acceptors (Lipinski definition) is 2. The minimum absolute atomic E-state index is 0.197. The van der Waals surface area contributed by atoms with E-state index in [4.69, 9.17) is 5.11 Å². The van der Waals surface area contributed by atoms with Crippen molar-refractivity contribution in [1.82, 2.24) is 5.32 Å². The molecule has 0 radical (unpaired) electrons. The molecule has 0 aromatic heterocycles. The van der Waals surface area contributed by atoms with Gasteiger partial charge >= 0.3 is 12.0 Å². The van der Waals surface area contributed by atoms with Crippen LogP contribution in [0, 0.1) is 5.82 Å². The largest absolute Gasteiger partial charge is 0.478 e. The fraction of sp³-hybridized carbons (Fsp3) is 0.0909. The molecule has 5 nitrogen and oxygen atoms in total. The van der Waals surface area contributed by atoms with Gasteiger partial charge in [-0.3, -0.25) is 0 Å². The van der Waals surface area contributed by atoms with Gasteiger partial charge in [0.15, 0.2) is 0 Å². The average Bonchev–Trinajstić information content (AvgIpc) is 2.28. The third-order valence-electron chi connectivity index (χ3n) is 1.89. The molecule has 0 saturated carbocycles. The van der Waals surface area contributed by atoms with Gasteiger partial charge in [-0.2, -0.15) is 0 Å². The summed E-state index contributed by atoms with van der Waals surface area (Å²) in [6.45, 7) is 3.59. The van der Waals surface area contributed by atoms with E-state index in [1.807, 2.05) is 0 Å². The number of rotatable bonds is 4. The second kappa shape index (κ2) is 5.64. The molecule has 1 rings (SSSR count). The van der Waals surface area contributed by atoms with Crippen molar-refractivity contribution >= 4 is 17.7 Å². The standard InChI is InChI=1S/C11H11FN2O3/c1-2-6-13-11(17)14-9-7(10(15)16)4-3-5-8(9)12/h2-5H,1,6H2,(H,15,16)(H2,13,14,17). The monoisotopic (exact) mass is 238 g/mol. The quantitative estimate of drug-likeness (QED) is 0.700. The highest BCUT2D eigenvalue weighted by Crippen LogP contribution is 2.19. The number of nitrogens with one attached hydrogen (secondary N) is 2. The number of amides is 2. The molecule has 0 aliphatic heterocycles. The number of carbonyl (C=O) groups is 2. The zero-order valence-corrected chi connectivity index (χ0v) is 8.87. The van der Waals surface area contributed by atoms with E-state index in [2.05, 4.69) is 17.2 Å². The van der Waals surface area contributed by atoms with Gasteiger partial charge in [0, 0.05) is 6.54 Å².